The number of hydrogen-bond acceptors (Lipinski definition) is 4. The Labute approximate surface area is 150 Å². The van der Waals surface area contributed by atoms with Crippen molar-refractivity contribution in [3.05, 3.63) is 76.5 Å². The predicted molar refractivity (Wildman–Crippen MR) is 98.4 cm³/mol. The molecule has 1 N–H and O–H groups in total. The highest BCUT2D eigenvalue weighted by atomic mass is 16.5. The molecule has 0 atom stereocenters. The lowest BCUT2D eigenvalue weighted by Crippen LogP contribution is -1.95. The molecule has 4 rings (SSSR count). The average molecular weight is 344 g/mol. The molecule has 0 fully saturated rings. The maximum absolute atomic E-state index is 12.5. The number of ketones is 1. The number of nitrogens with zero attached hydrogens (tertiary/aromatic N) is 1. The molecule has 128 valence electrons. The highest BCUT2D eigenvalue weighted by molar-refractivity contribution is 6.15. The van der Waals surface area contributed by atoms with Crippen molar-refractivity contribution in [2.45, 2.75) is 6.42 Å². The minimum absolute atomic E-state index is 0.00181. The van der Waals surface area contributed by atoms with E-state index < -0.39 is 0 Å². The normalized spacial score (nSPS) is 14.5. The number of carbonyl (C=O) groups is 2. The molecule has 0 unspecified atom stereocenters. The van der Waals surface area contributed by atoms with Crippen molar-refractivity contribution in [1.82, 2.24) is 10.2 Å². The fourth-order valence-electron chi connectivity index (χ4n) is 3.14. The average Bonchev–Trinajstić information content (AvgIpc) is 3.27. The second-order valence-corrected chi connectivity index (χ2v) is 6.15. The Balaban J connectivity index is 1.60. The van der Waals surface area contributed by atoms with Crippen molar-refractivity contribution < 1.29 is 14.3 Å². The fourth-order valence-corrected chi connectivity index (χ4v) is 3.14. The molecule has 1 aliphatic carbocycles. The van der Waals surface area contributed by atoms with Crippen molar-refractivity contribution in [3.63, 3.8) is 0 Å². The molecular weight excluding hydrogens is 328 g/mol. The van der Waals surface area contributed by atoms with Gasteiger partial charge >= 0.3 is 0 Å². The van der Waals surface area contributed by atoms with E-state index in [-0.39, 0.29) is 5.78 Å². The number of aromatic nitrogens is 2. The number of benzene rings is 2. The minimum atomic E-state index is -0.00181. The molecule has 0 spiro atoms. The molecule has 3 aromatic rings. The molecule has 0 saturated carbocycles. The molecule has 0 radical (unpaired) electrons. The van der Waals surface area contributed by atoms with E-state index in [1.807, 2.05) is 36.4 Å². The molecule has 1 aromatic heterocycles. The van der Waals surface area contributed by atoms with Crippen molar-refractivity contribution >= 4 is 18.1 Å². The van der Waals surface area contributed by atoms with Crippen LogP contribution in [0.4, 0.5) is 0 Å². The van der Waals surface area contributed by atoms with Gasteiger partial charge in [-0.25, -0.2) is 0 Å². The Morgan fingerprint density at radius 2 is 1.92 bits per heavy atom. The zero-order chi connectivity index (χ0) is 18.1. The van der Waals surface area contributed by atoms with Gasteiger partial charge in [-0.3, -0.25) is 14.7 Å². The number of ether oxygens (including phenoxy) is 1. The molecule has 5 heteroatoms. The van der Waals surface area contributed by atoms with Gasteiger partial charge in [-0.05, 0) is 48.0 Å². The number of carbonyl (C=O) groups excluding carboxylic acids is 2. The van der Waals surface area contributed by atoms with Crippen LogP contribution in [0.1, 0.15) is 32.0 Å². The fraction of sp³-hybridized carbons (Fsp3) is 0.0952. The molecule has 0 bridgehead atoms. The van der Waals surface area contributed by atoms with Crippen LogP contribution in [0.25, 0.3) is 17.3 Å². The van der Waals surface area contributed by atoms with Crippen LogP contribution in [0.15, 0.2) is 54.1 Å². The summed E-state index contributed by atoms with van der Waals surface area (Å²) in [7, 11) is 1.63. The maximum atomic E-state index is 12.5. The summed E-state index contributed by atoms with van der Waals surface area (Å²) in [5.41, 5.74) is 5.35. The Morgan fingerprint density at radius 1 is 1.12 bits per heavy atom. The lowest BCUT2D eigenvalue weighted by molar-refractivity contribution is 0.103. The van der Waals surface area contributed by atoms with Gasteiger partial charge in [-0.15, -0.1) is 0 Å². The lowest BCUT2D eigenvalue weighted by atomic mass is 10.1. The monoisotopic (exact) mass is 344 g/mol. The minimum Gasteiger partial charge on any atom is -0.497 e. The van der Waals surface area contributed by atoms with Crippen LogP contribution >= 0.6 is 0 Å². The lowest BCUT2D eigenvalue weighted by Gasteiger charge is -1.99. The van der Waals surface area contributed by atoms with Crippen molar-refractivity contribution in [3.8, 4) is 17.0 Å². The molecular formula is C21H16N2O3. The summed E-state index contributed by atoms with van der Waals surface area (Å²) in [4.78, 5) is 23.5. The Kier molecular flexibility index (Phi) is 3.97. The van der Waals surface area contributed by atoms with Crippen molar-refractivity contribution in [2.75, 3.05) is 7.11 Å². The first-order chi connectivity index (χ1) is 12.7. The number of methoxy groups -OCH3 is 1. The topological polar surface area (TPSA) is 72.1 Å². The summed E-state index contributed by atoms with van der Waals surface area (Å²) in [6.07, 6.45) is 3.14. The van der Waals surface area contributed by atoms with E-state index in [1.165, 1.54) is 0 Å². The Morgan fingerprint density at radius 3 is 2.65 bits per heavy atom. The summed E-state index contributed by atoms with van der Waals surface area (Å²) in [6, 6.07) is 14.7. The van der Waals surface area contributed by atoms with Crippen LogP contribution in [-0.2, 0) is 6.42 Å². The van der Waals surface area contributed by atoms with Gasteiger partial charge in [0.05, 0.1) is 18.5 Å². The van der Waals surface area contributed by atoms with Gasteiger partial charge in [0.15, 0.2) is 5.78 Å². The first kappa shape index (κ1) is 16.0. The molecule has 26 heavy (non-hydrogen) atoms. The third-order valence-corrected chi connectivity index (χ3v) is 4.50. The number of allylic oxidation sites excluding steroid dienone is 1. The first-order valence-electron chi connectivity index (χ1n) is 8.21. The van der Waals surface area contributed by atoms with Gasteiger partial charge in [0, 0.05) is 28.7 Å². The van der Waals surface area contributed by atoms with Gasteiger partial charge < -0.3 is 4.74 Å². The zero-order valence-corrected chi connectivity index (χ0v) is 14.2. The third kappa shape index (κ3) is 2.84. The van der Waals surface area contributed by atoms with E-state index in [1.54, 1.807) is 25.3 Å². The summed E-state index contributed by atoms with van der Waals surface area (Å²) < 4.78 is 5.16. The van der Waals surface area contributed by atoms with Crippen LogP contribution in [0, 0.1) is 0 Å². The number of rotatable bonds is 4. The summed E-state index contributed by atoms with van der Waals surface area (Å²) in [6.45, 7) is 0. The van der Waals surface area contributed by atoms with Crippen LogP contribution in [0.5, 0.6) is 5.75 Å². The standard InChI is InChI=1S/C21H16N2O3/c1-26-18-5-3-14(4-6-18)20-11-17(22-23-20)10-16-9-15-8-13(12-24)2-7-19(15)21(16)25/h2-8,10-12H,9H2,1H3,(H,22,23)/b16-10+. The number of aromatic amines is 1. The van der Waals surface area contributed by atoms with E-state index >= 15 is 0 Å². The largest absolute Gasteiger partial charge is 0.497 e. The maximum Gasteiger partial charge on any atom is 0.189 e. The number of H-pyrrole nitrogens is 1. The molecule has 5 nitrogen and oxygen atoms in total. The summed E-state index contributed by atoms with van der Waals surface area (Å²) >= 11 is 0. The van der Waals surface area contributed by atoms with Gasteiger partial charge in [0.25, 0.3) is 0 Å². The Bertz CT molecular complexity index is 1030. The second kappa shape index (κ2) is 6.44. The highest BCUT2D eigenvalue weighted by Crippen LogP contribution is 2.29. The zero-order valence-electron chi connectivity index (χ0n) is 14.2. The molecule has 0 aliphatic heterocycles. The molecule has 0 saturated heterocycles. The van der Waals surface area contributed by atoms with Gasteiger partial charge in [-0.2, -0.15) is 5.10 Å². The number of nitrogens with one attached hydrogen (secondary N) is 1. The third-order valence-electron chi connectivity index (χ3n) is 4.50. The SMILES string of the molecule is COc1ccc(-c2cc(/C=C3\Cc4cc(C=O)ccc4C3=O)[nH]n2)cc1. The second-order valence-electron chi connectivity index (χ2n) is 6.15. The van der Waals surface area contributed by atoms with Gasteiger partial charge in [0.2, 0.25) is 0 Å². The van der Waals surface area contributed by atoms with E-state index in [0.717, 1.165) is 34.6 Å². The first-order valence-corrected chi connectivity index (χ1v) is 8.21. The predicted octanol–water partition coefficient (Wildman–Crippen LogP) is 3.72. The molecule has 2 aromatic carbocycles. The number of aldehydes is 1. The summed E-state index contributed by atoms with van der Waals surface area (Å²) in [5.74, 6) is 0.786. The van der Waals surface area contributed by atoms with E-state index in [9.17, 15) is 9.59 Å². The van der Waals surface area contributed by atoms with Crippen LogP contribution in [0.2, 0.25) is 0 Å². The molecule has 1 aliphatic rings. The van der Waals surface area contributed by atoms with Gasteiger partial charge in [0.1, 0.15) is 12.0 Å². The number of Topliss-reactive ketones (excluding diaryl/α,β-unsaturated/α-hetero) is 1. The molecule has 1 heterocycles. The Hall–Kier alpha value is -3.47. The summed E-state index contributed by atoms with van der Waals surface area (Å²) in [5, 5.41) is 7.28. The van der Waals surface area contributed by atoms with Crippen LogP contribution in [-0.4, -0.2) is 29.4 Å². The van der Waals surface area contributed by atoms with Gasteiger partial charge in [-0.1, -0.05) is 12.1 Å². The smallest absolute Gasteiger partial charge is 0.189 e. The van der Waals surface area contributed by atoms with Crippen LogP contribution in [0.3, 0.4) is 0 Å². The van der Waals surface area contributed by atoms with Crippen molar-refractivity contribution in [2.24, 2.45) is 0 Å². The quantitative estimate of drug-likeness (QED) is 0.578. The number of hydrogen-bond donors (Lipinski definition) is 1. The van der Waals surface area contributed by atoms with E-state index in [2.05, 4.69) is 10.2 Å². The van der Waals surface area contributed by atoms with E-state index in [4.69, 9.17) is 4.74 Å². The molecule has 0 amide bonds. The number of fused-ring (bicyclic) bond motifs is 1. The van der Waals surface area contributed by atoms with Crippen LogP contribution < -0.4 is 4.74 Å². The highest BCUT2D eigenvalue weighted by Gasteiger charge is 2.25. The van der Waals surface area contributed by atoms with E-state index in [0.29, 0.717) is 23.1 Å². The van der Waals surface area contributed by atoms with Crippen molar-refractivity contribution in [1.29, 1.82) is 0 Å².